The first-order valence-electron chi connectivity index (χ1n) is 21.8. The molecule has 4 heterocycles. The quantitative estimate of drug-likeness (QED) is 0.164. The summed E-state index contributed by atoms with van der Waals surface area (Å²) >= 11 is 1.96. The molecule has 0 saturated heterocycles. The maximum Gasteiger partial charge on any atom is 0.264 e. The van der Waals surface area contributed by atoms with Gasteiger partial charge in [-0.3, -0.25) is 0 Å². The van der Waals surface area contributed by atoms with Crippen LogP contribution in [-0.4, -0.2) is 14.8 Å². The predicted molar refractivity (Wildman–Crippen MR) is 271 cm³/mol. The van der Waals surface area contributed by atoms with Crippen LogP contribution in [0.3, 0.4) is 0 Å². The molecule has 6 bridgehead atoms. The Labute approximate surface area is 370 Å². The second-order valence-corrected chi connectivity index (χ2v) is 24.1. The Balaban J connectivity index is 1.16. The van der Waals surface area contributed by atoms with Crippen LogP contribution in [0.15, 0.2) is 188 Å². The number of hydrogen-bond donors (Lipinski definition) is 0. The van der Waals surface area contributed by atoms with Gasteiger partial charge in [0.15, 0.2) is 0 Å². The van der Waals surface area contributed by atoms with Crippen molar-refractivity contribution in [2.45, 2.75) is 39.3 Å². The van der Waals surface area contributed by atoms with Gasteiger partial charge in [0.1, 0.15) is 8.07 Å². The smallest absolute Gasteiger partial charge is 0.264 e. The zero-order valence-electron chi connectivity index (χ0n) is 35.7. The van der Waals surface area contributed by atoms with Crippen LogP contribution in [0.2, 0.25) is 13.1 Å². The highest BCUT2D eigenvalue weighted by molar-refractivity contribution is 7.33. The van der Waals surface area contributed by atoms with Crippen molar-refractivity contribution in [3.8, 4) is 11.1 Å². The lowest BCUT2D eigenvalue weighted by Gasteiger charge is -2.44. The van der Waals surface area contributed by atoms with Crippen LogP contribution in [0.25, 0.3) is 21.2 Å². The first kappa shape index (κ1) is 37.2. The number of para-hydroxylation sites is 1. The van der Waals surface area contributed by atoms with Crippen molar-refractivity contribution in [1.82, 2.24) is 0 Å². The average Bonchev–Trinajstić information content (AvgIpc) is 3.68. The summed E-state index contributed by atoms with van der Waals surface area (Å²) in [5.41, 5.74) is 17.4. The Hall–Kier alpha value is -6.60. The molecular formula is C56H46BN3SSi. The summed E-state index contributed by atoms with van der Waals surface area (Å²) in [5.74, 6) is 0. The highest BCUT2D eigenvalue weighted by Crippen LogP contribution is 2.49. The number of thiophene rings is 1. The van der Waals surface area contributed by atoms with Crippen molar-refractivity contribution in [3.05, 3.63) is 194 Å². The SMILES string of the molecule is CC(C)(C)c1ccc(N2c3cccc4c3B(c3ccc5cc3N4c3cccc(c3)[Si](C)(C)c3cccc(c3)N5c3ccccc3)c3sc4ccc(-c5ccccc5)cc4c32)cc1. The molecule has 3 aliphatic rings. The molecular weight excluding hydrogens is 786 g/mol. The fraction of sp³-hybridized carbons (Fsp3) is 0.107. The Bertz CT molecular complexity index is 3220. The topological polar surface area (TPSA) is 9.72 Å². The molecule has 298 valence electrons. The largest absolute Gasteiger partial charge is 0.311 e. The zero-order chi connectivity index (χ0) is 41.9. The highest BCUT2D eigenvalue weighted by Gasteiger charge is 2.45. The van der Waals surface area contributed by atoms with Crippen LogP contribution in [0.4, 0.5) is 51.2 Å². The van der Waals surface area contributed by atoms with E-state index in [-0.39, 0.29) is 12.1 Å². The molecule has 0 radical (unpaired) electrons. The van der Waals surface area contributed by atoms with Gasteiger partial charge < -0.3 is 14.7 Å². The standard InChI is InChI=1S/C56H46BN3SSi/c1-56(2,3)39-26-28-41(29-27-39)60-50-24-14-23-49-53(50)57(55-54(60)47-33-38(25-32-52(47)61-55)37-15-8-6-9-16-37)48-31-30-44-36-51(48)59(49)43-20-13-22-46(35-43)62(4,5)45-21-12-19-42(34-45)58(44)40-17-10-7-11-18-40/h6-36H,1-5H3. The average molecular weight is 832 g/mol. The summed E-state index contributed by atoms with van der Waals surface area (Å²) in [6.45, 7) is 11.9. The molecule has 0 atom stereocenters. The molecule has 3 nitrogen and oxygen atoms in total. The Morgan fingerprint density at radius 2 is 1.05 bits per heavy atom. The molecule has 0 fully saturated rings. The maximum atomic E-state index is 2.58. The first-order chi connectivity index (χ1) is 30.1. The summed E-state index contributed by atoms with van der Waals surface area (Å²) in [4.78, 5) is 7.61. The molecule has 0 N–H and O–H groups in total. The van der Waals surface area contributed by atoms with E-state index in [1.807, 2.05) is 11.3 Å². The van der Waals surface area contributed by atoms with E-state index in [1.54, 1.807) is 0 Å². The summed E-state index contributed by atoms with van der Waals surface area (Å²) in [6.07, 6.45) is 0. The van der Waals surface area contributed by atoms with Gasteiger partial charge in [0, 0.05) is 60.4 Å². The van der Waals surface area contributed by atoms with Gasteiger partial charge in [0.25, 0.3) is 6.71 Å². The minimum absolute atomic E-state index is 0.0366. The van der Waals surface area contributed by atoms with Crippen molar-refractivity contribution < 1.29 is 0 Å². The lowest BCUT2D eigenvalue weighted by Crippen LogP contribution is -2.60. The van der Waals surface area contributed by atoms with Gasteiger partial charge in [-0.05, 0) is 118 Å². The molecule has 0 unspecified atom stereocenters. The predicted octanol–water partition coefficient (Wildman–Crippen LogP) is 12.6. The Morgan fingerprint density at radius 3 is 1.74 bits per heavy atom. The Kier molecular flexibility index (Phi) is 8.22. The van der Waals surface area contributed by atoms with Crippen LogP contribution in [-0.2, 0) is 5.41 Å². The van der Waals surface area contributed by atoms with E-state index in [0.29, 0.717) is 0 Å². The first-order valence-corrected chi connectivity index (χ1v) is 25.6. The molecule has 0 saturated carbocycles. The van der Waals surface area contributed by atoms with Gasteiger partial charge in [-0.2, -0.15) is 0 Å². The number of anilines is 9. The van der Waals surface area contributed by atoms with E-state index in [9.17, 15) is 0 Å². The van der Waals surface area contributed by atoms with Gasteiger partial charge in [-0.15, -0.1) is 11.3 Å². The van der Waals surface area contributed by atoms with Crippen LogP contribution in [0.5, 0.6) is 0 Å². The lowest BCUT2D eigenvalue weighted by molar-refractivity contribution is 0.590. The zero-order valence-corrected chi connectivity index (χ0v) is 37.5. The number of nitrogens with zero attached hydrogens (tertiary/aromatic N) is 3. The molecule has 62 heavy (non-hydrogen) atoms. The molecule has 6 heteroatoms. The molecule has 8 aromatic carbocycles. The van der Waals surface area contributed by atoms with Crippen molar-refractivity contribution in [2.24, 2.45) is 0 Å². The van der Waals surface area contributed by atoms with Gasteiger partial charge in [-0.25, -0.2) is 0 Å². The monoisotopic (exact) mass is 831 g/mol. The lowest BCUT2D eigenvalue weighted by atomic mass is 9.36. The van der Waals surface area contributed by atoms with Gasteiger partial charge in [-0.1, -0.05) is 147 Å². The fourth-order valence-electron chi connectivity index (χ4n) is 10.3. The third-order valence-electron chi connectivity index (χ3n) is 13.6. The number of hydrogen-bond acceptors (Lipinski definition) is 4. The van der Waals surface area contributed by atoms with Gasteiger partial charge in [0.2, 0.25) is 0 Å². The van der Waals surface area contributed by atoms with Crippen molar-refractivity contribution >= 4 is 113 Å². The summed E-state index contributed by atoms with van der Waals surface area (Å²) in [6, 6.07) is 71.2. The molecule has 0 spiro atoms. The number of rotatable bonds is 3. The minimum atomic E-state index is -2.14. The van der Waals surface area contributed by atoms with Crippen molar-refractivity contribution in [3.63, 3.8) is 0 Å². The van der Waals surface area contributed by atoms with E-state index in [4.69, 9.17) is 0 Å². The number of benzene rings is 8. The molecule has 12 rings (SSSR count). The van der Waals surface area contributed by atoms with Crippen LogP contribution >= 0.6 is 11.3 Å². The van der Waals surface area contributed by atoms with Crippen LogP contribution < -0.4 is 40.8 Å². The highest BCUT2D eigenvalue weighted by atomic mass is 32.1. The molecule has 0 aliphatic carbocycles. The number of fused-ring (bicyclic) bond motifs is 12. The van der Waals surface area contributed by atoms with E-state index < -0.39 is 8.07 Å². The summed E-state index contributed by atoms with van der Waals surface area (Å²) in [5, 5.41) is 4.13. The van der Waals surface area contributed by atoms with Crippen LogP contribution in [0, 0.1) is 0 Å². The third kappa shape index (κ3) is 5.63. The van der Waals surface area contributed by atoms with Gasteiger partial charge >= 0.3 is 0 Å². The molecule has 9 aromatic rings. The molecule has 0 amide bonds. The molecule has 3 aliphatic heterocycles. The van der Waals surface area contributed by atoms with E-state index >= 15 is 0 Å². The minimum Gasteiger partial charge on any atom is -0.311 e. The van der Waals surface area contributed by atoms with Gasteiger partial charge in [0.05, 0.1) is 5.69 Å². The molecule has 1 aromatic heterocycles. The third-order valence-corrected chi connectivity index (χ3v) is 18.3. The van der Waals surface area contributed by atoms with E-state index in [0.717, 1.165) is 11.4 Å². The van der Waals surface area contributed by atoms with Crippen molar-refractivity contribution in [1.29, 1.82) is 0 Å². The normalized spacial score (nSPS) is 14.5. The maximum absolute atomic E-state index is 2.58. The van der Waals surface area contributed by atoms with Crippen molar-refractivity contribution in [2.75, 3.05) is 14.7 Å². The van der Waals surface area contributed by atoms with Crippen LogP contribution in [0.1, 0.15) is 26.3 Å². The summed E-state index contributed by atoms with van der Waals surface area (Å²) < 4.78 is 2.69. The van der Waals surface area contributed by atoms with E-state index in [1.165, 1.54) is 92.7 Å². The Morgan fingerprint density at radius 1 is 0.468 bits per heavy atom. The second kappa shape index (κ2) is 13.7. The second-order valence-electron chi connectivity index (χ2n) is 18.6. The fourth-order valence-corrected chi connectivity index (χ4v) is 13.9. The van der Waals surface area contributed by atoms with E-state index in [2.05, 4.69) is 237 Å². The summed E-state index contributed by atoms with van der Waals surface area (Å²) in [7, 11) is -2.14.